The van der Waals surface area contributed by atoms with E-state index >= 15 is 0 Å². The van der Waals surface area contributed by atoms with Crippen molar-refractivity contribution in [2.24, 2.45) is 0 Å². The van der Waals surface area contributed by atoms with Crippen molar-refractivity contribution in [3.63, 3.8) is 0 Å². The van der Waals surface area contributed by atoms with Gasteiger partial charge in [0.15, 0.2) is 5.78 Å². The summed E-state index contributed by atoms with van der Waals surface area (Å²) in [4.78, 5) is 11.7. The number of ketones is 1. The highest BCUT2D eigenvalue weighted by Crippen LogP contribution is 2.30. The lowest BCUT2D eigenvalue weighted by Gasteiger charge is -2.18. The summed E-state index contributed by atoms with van der Waals surface area (Å²) < 4.78 is 0. The third-order valence-electron chi connectivity index (χ3n) is 2.88. The Balaban J connectivity index is 2.38. The fraction of sp³-hybridized carbons (Fsp3) is 0.154. The number of anilines is 1. The van der Waals surface area contributed by atoms with Gasteiger partial charge in [-0.05, 0) is 11.5 Å². The molecule has 1 heterocycles. The lowest BCUT2D eigenvalue weighted by atomic mass is 9.97. The van der Waals surface area contributed by atoms with Gasteiger partial charge in [0.1, 0.15) is 0 Å². The summed E-state index contributed by atoms with van der Waals surface area (Å²) in [6, 6.07) is 12.1. The molecule has 0 fully saturated rings. The quantitative estimate of drug-likeness (QED) is 0.703. The Labute approximate surface area is 87.9 Å². The van der Waals surface area contributed by atoms with Crippen molar-refractivity contribution >= 4 is 22.2 Å². The Morgan fingerprint density at radius 1 is 1.07 bits per heavy atom. The molecule has 0 saturated carbocycles. The molecule has 0 aliphatic carbocycles. The van der Waals surface area contributed by atoms with E-state index in [0.29, 0.717) is 6.42 Å². The van der Waals surface area contributed by atoms with E-state index in [4.69, 9.17) is 0 Å². The van der Waals surface area contributed by atoms with Crippen LogP contribution in [0.5, 0.6) is 0 Å². The van der Waals surface area contributed by atoms with Gasteiger partial charge in [0.2, 0.25) is 0 Å². The van der Waals surface area contributed by atoms with Crippen molar-refractivity contribution in [1.29, 1.82) is 0 Å². The second-order valence-electron chi connectivity index (χ2n) is 3.81. The van der Waals surface area contributed by atoms with E-state index in [0.717, 1.165) is 23.2 Å². The van der Waals surface area contributed by atoms with Crippen LogP contribution in [-0.2, 0) is 0 Å². The molecule has 2 heteroatoms. The zero-order chi connectivity index (χ0) is 10.3. The number of Topliss-reactive ketones (excluding diaryl/α,β-unsaturated/α-hetero) is 1. The van der Waals surface area contributed by atoms with Crippen LogP contribution in [0.25, 0.3) is 10.8 Å². The summed E-state index contributed by atoms with van der Waals surface area (Å²) in [6.07, 6.45) is 0.603. The van der Waals surface area contributed by atoms with Crippen molar-refractivity contribution in [3.8, 4) is 0 Å². The largest absolute Gasteiger partial charge is 0.383 e. The predicted octanol–water partition coefficient (Wildman–Crippen LogP) is 2.84. The summed E-state index contributed by atoms with van der Waals surface area (Å²) in [5.41, 5.74) is 1.84. The van der Waals surface area contributed by atoms with E-state index in [9.17, 15) is 4.79 Å². The first-order valence-corrected chi connectivity index (χ1v) is 5.15. The number of hydrogen-bond acceptors (Lipinski definition) is 2. The molecule has 2 nitrogen and oxygen atoms in total. The van der Waals surface area contributed by atoms with E-state index in [1.165, 1.54) is 5.39 Å². The van der Waals surface area contributed by atoms with Crippen LogP contribution in [-0.4, -0.2) is 12.3 Å². The van der Waals surface area contributed by atoms with Crippen LogP contribution in [0, 0.1) is 0 Å². The van der Waals surface area contributed by atoms with Crippen LogP contribution in [0.4, 0.5) is 5.69 Å². The predicted molar refractivity (Wildman–Crippen MR) is 61.4 cm³/mol. The number of hydrogen-bond donors (Lipinski definition) is 1. The van der Waals surface area contributed by atoms with Gasteiger partial charge >= 0.3 is 0 Å². The van der Waals surface area contributed by atoms with Crippen molar-refractivity contribution in [2.75, 3.05) is 11.9 Å². The van der Waals surface area contributed by atoms with Gasteiger partial charge in [-0.25, -0.2) is 0 Å². The van der Waals surface area contributed by atoms with E-state index in [1.54, 1.807) is 0 Å². The number of nitrogens with one attached hydrogen (secondary N) is 1. The molecule has 1 aliphatic heterocycles. The molecule has 2 aromatic carbocycles. The fourth-order valence-corrected chi connectivity index (χ4v) is 2.13. The topological polar surface area (TPSA) is 29.1 Å². The fourth-order valence-electron chi connectivity index (χ4n) is 2.13. The molecule has 0 spiro atoms. The first-order valence-electron chi connectivity index (χ1n) is 5.15. The Morgan fingerprint density at radius 2 is 1.93 bits per heavy atom. The molecule has 0 radical (unpaired) electrons. The highest BCUT2D eigenvalue weighted by Gasteiger charge is 2.17. The molecule has 3 rings (SSSR count). The second-order valence-corrected chi connectivity index (χ2v) is 3.81. The van der Waals surface area contributed by atoms with Crippen LogP contribution < -0.4 is 5.32 Å². The number of carbonyl (C=O) groups is 1. The van der Waals surface area contributed by atoms with Gasteiger partial charge in [-0.2, -0.15) is 0 Å². The van der Waals surface area contributed by atoms with Crippen molar-refractivity contribution in [3.05, 3.63) is 42.0 Å². The van der Waals surface area contributed by atoms with Gasteiger partial charge in [0.25, 0.3) is 0 Å². The number of rotatable bonds is 0. The third kappa shape index (κ3) is 1.22. The maximum absolute atomic E-state index is 11.7. The van der Waals surface area contributed by atoms with Crippen LogP contribution in [0.2, 0.25) is 0 Å². The smallest absolute Gasteiger partial charge is 0.166 e. The Kier molecular flexibility index (Phi) is 1.75. The average molecular weight is 197 g/mol. The molecule has 1 aliphatic rings. The zero-order valence-corrected chi connectivity index (χ0v) is 8.29. The molecular weight excluding hydrogens is 186 g/mol. The zero-order valence-electron chi connectivity index (χ0n) is 8.29. The molecule has 0 amide bonds. The monoisotopic (exact) mass is 197 g/mol. The summed E-state index contributed by atoms with van der Waals surface area (Å²) in [7, 11) is 0. The molecule has 0 bridgehead atoms. The van der Waals surface area contributed by atoms with E-state index in [1.807, 2.05) is 24.3 Å². The minimum Gasteiger partial charge on any atom is -0.383 e. The van der Waals surface area contributed by atoms with Crippen LogP contribution >= 0.6 is 0 Å². The van der Waals surface area contributed by atoms with Crippen molar-refractivity contribution in [1.82, 2.24) is 0 Å². The molecule has 0 saturated heterocycles. The number of fused-ring (bicyclic) bond motifs is 3. The molecule has 0 atom stereocenters. The summed E-state index contributed by atoms with van der Waals surface area (Å²) in [6.45, 7) is 0.750. The Hall–Kier alpha value is -1.83. The SMILES string of the molecule is O=C1CCNc2c1ccc1ccccc21. The van der Waals surface area contributed by atoms with Gasteiger partial charge in [-0.3, -0.25) is 4.79 Å². The minimum atomic E-state index is 0.245. The summed E-state index contributed by atoms with van der Waals surface area (Å²) >= 11 is 0. The molecule has 1 N–H and O–H groups in total. The van der Waals surface area contributed by atoms with Gasteiger partial charge < -0.3 is 5.32 Å². The summed E-state index contributed by atoms with van der Waals surface area (Å²) in [5.74, 6) is 0.245. The maximum atomic E-state index is 11.7. The first kappa shape index (κ1) is 8.48. The maximum Gasteiger partial charge on any atom is 0.166 e. The first-order chi connectivity index (χ1) is 7.36. The average Bonchev–Trinajstić information content (AvgIpc) is 2.29. The van der Waals surface area contributed by atoms with Gasteiger partial charge in [0.05, 0.1) is 5.69 Å². The van der Waals surface area contributed by atoms with E-state index < -0.39 is 0 Å². The van der Waals surface area contributed by atoms with Crippen molar-refractivity contribution < 1.29 is 4.79 Å². The van der Waals surface area contributed by atoms with Crippen LogP contribution in [0.15, 0.2) is 36.4 Å². The third-order valence-corrected chi connectivity index (χ3v) is 2.88. The van der Waals surface area contributed by atoms with E-state index in [2.05, 4.69) is 17.4 Å². The molecule has 0 unspecified atom stereocenters. The number of carbonyl (C=O) groups excluding carboxylic acids is 1. The molecule has 0 aromatic heterocycles. The molecule has 15 heavy (non-hydrogen) atoms. The Bertz CT molecular complexity index is 545. The summed E-state index contributed by atoms with van der Waals surface area (Å²) in [5, 5.41) is 5.64. The standard InChI is InChI=1S/C13H11NO/c15-12-7-8-14-13-10-4-2-1-3-9(10)5-6-11(12)13/h1-6,14H,7-8H2. The van der Waals surface area contributed by atoms with Gasteiger partial charge in [-0.15, -0.1) is 0 Å². The Morgan fingerprint density at radius 3 is 2.87 bits per heavy atom. The molecule has 2 aromatic rings. The normalized spacial score (nSPS) is 14.8. The lowest BCUT2D eigenvalue weighted by molar-refractivity contribution is 0.0984. The highest BCUT2D eigenvalue weighted by molar-refractivity contribution is 6.10. The van der Waals surface area contributed by atoms with E-state index in [-0.39, 0.29) is 5.78 Å². The minimum absolute atomic E-state index is 0.245. The van der Waals surface area contributed by atoms with Crippen molar-refractivity contribution in [2.45, 2.75) is 6.42 Å². The van der Waals surface area contributed by atoms with Crippen LogP contribution in [0.1, 0.15) is 16.8 Å². The number of benzene rings is 2. The lowest BCUT2D eigenvalue weighted by Crippen LogP contribution is -2.17. The molecule has 74 valence electrons. The van der Waals surface area contributed by atoms with Crippen LogP contribution in [0.3, 0.4) is 0 Å². The molecular formula is C13H11NO. The highest BCUT2D eigenvalue weighted by atomic mass is 16.1. The second kappa shape index (κ2) is 3.09. The van der Waals surface area contributed by atoms with Gasteiger partial charge in [-0.1, -0.05) is 30.3 Å². The van der Waals surface area contributed by atoms with Gasteiger partial charge in [0, 0.05) is 23.9 Å².